The molecule has 1 aliphatic heterocycles. The second-order valence-electron chi connectivity index (χ2n) is 7.90. The molecule has 1 aromatic carbocycles. The fraction of sp³-hybridized carbons (Fsp3) is 0.650. The van der Waals surface area contributed by atoms with Gasteiger partial charge < -0.3 is 20.3 Å². The Morgan fingerprint density at radius 2 is 2.04 bits per heavy atom. The van der Waals surface area contributed by atoms with Gasteiger partial charge in [0, 0.05) is 32.2 Å². The Bertz CT molecular complexity index is 565. The average molecular weight is 347 g/mol. The first kappa shape index (κ1) is 19.6. The van der Waals surface area contributed by atoms with E-state index in [1.165, 1.54) is 19.4 Å². The van der Waals surface area contributed by atoms with Crippen LogP contribution in [-0.2, 0) is 6.54 Å². The van der Waals surface area contributed by atoms with E-state index in [1.807, 2.05) is 25.2 Å². The lowest BCUT2D eigenvalue weighted by Gasteiger charge is -2.30. The molecule has 2 N–H and O–H groups in total. The van der Waals surface area contributed by atoms with E-state index in [0.717, 1.165) is 30.4 Å². The molecule has 0 bridgehead atoms. The van der Waals surface area contributed by atoms with Crippen molar-refractivity contribution in [3.8, 4) is 5.75 Å². The smallest absolute Gasteiger partial charge is 0.191 e. The van der Waals surface area contributed by atoms with E-state index < -0.39 is 0 Å². The molecule has 1 saturated heterocycles. The lowest BCUT2D eigenvalue weighted by atomic mass is 9.99. The number of nitrogens with zero attached hydrogens (tertiary/aromatic N) is 2. The molecule has 1 unspecified atom stereocenters. The van der Waals surface area contributed by atoms with Crippen LogP contribution in [0.25, 0.3) is 0 Å². The summed E-state index contributed by atoms with van der Waals surface area (Å²) in [5, 5.41) is 6.88. The molecule has 0 radical (unpaired) electrons. The SMILES string of the molecule is CN=C(NCc1ccccc1OC(C)(C)C)NCC1CCCN(C)C1. The fourth-order valence-corrected chi connectivity index (χ4v) is 3.16. The van der Waals surface area contributed by atoms with Crippen molar-refractivity contribution in [2.24, 2.45) is 10.9 Å². The van der Waals surface area contributed by atoms with Crippen molar-refractivity contribution in [3.05, 3.63) is 29.8 Å². The molecule has 2 rings (SSSR count). The van der Waals surface area contributed by atoms with Crippen molar-refractivity contribution in [1.82, 2.24) is 15.5 Å². The zero-order chi connectivity index (χ0) is 18.3. The number of rotatable bonds is 5. The largest absolute Gasteiger partial charge is 0.488 e. The highest BCUT2D eigenvalue weighted by Gasteiger charge is 2.17. The van der Waals surface area contributed by atoms with Crippen LogP contribution in [0.1, 0.15) is 39.2 Å². The summed E-state index contributed by atoms with van der Waals surface area (Å²) in [6.45, 7) is 10.2. The van der Waals surface area contributed by atoms with Crippen LogP contribution in [0, 0.1) is 5.92 Å². The van der Waals surface area contributed by atoms with E-state index in [4.69, 9.17) is 4.74 Å². The first-order valence-electron chi connectivity index (χ1n) is 9.27. The number of nitrogens with one attached hydrogen (secondary N) is 2. The molecular formula is C20H34N4O. The number of aliphatic imine (C=N–C) groups is 1. The van der Waals surface area contributed by atoms with Crippen molar-refractivity contribution < 1.29 is 4.74 Å². The van der Waals surface area contributed by atoms with Gasteiger partial charge in [-0.2, -0.15) is 0 Å². The zero-order valence-corrected chi connectivity index (χ0v) is 16.4. The number of hydrogen-bond donors (Lipinski definition) is 2. The molecule has 1 aromatic rings. The van der Waals surface area contributed by atoms with Crippen LogP contribution in [-0.4, -0.2) is 50.2 Å². The van der Waals surface area contributed by atoms with E-state index >= 15 is 0 Å². The van der Waals surface area contributed by atoms with Gasteiger partial charge in [0.2, 0.25) is 0 Å². The van der Waals surface area contributed by atoms with Gasteiger partial charge in [-0.25, -0.2) is 0 Å². The summed E-state index contributed by atoms with van der Waals surface area (Å²) >= 11 is 0. The van der Waals surface area contributed by atoms with Crippen LogP contribution in [0.5, 0.6) is 5.75 Å². The summed E-state index contributed by atoms with van der Waals surface area (Å²) < 4.78 is 6.06. The molecular weight excluding hydrogens is 312 g/mol. The third kappa shape index (κ3) is 6.94. The fourth-order valence-electron chi connectivity index (χ4n) is 3.16. The van der Waals surface area contributed by atoms with Gasteiger partial charge in [-0.05, 0) is 59.2 Å². The molecule has 0 aromatic heterocycles. The number of ether oxygens (including phenoxy) is 1. The topological polar surface area (TPSA) is 48.9 Å². The summed E-state index contributed by atoms with van der Waals surface area (Å²) in [4.78, 5) is 6.76. The monoisotopic (exact) mass is 346 g/mol. The molecule has 140 valence electrons. The normalized spacial score (nSPS) is 19.6. The van der Waals surface area contributed by atoms with Crippen LogP contribution in [0.2, 0.25) is 0 Å². The lowest BCUT2D eigenvalue weighted by Crippen LogP contribution is -2.43. The number of likely N-dealkylation sites (tertiary alicyclic amines) is 1. The first-order chi connectivity index (χ1) is 11.9. The standard InChI is InChI=1S/C20H34N4O/c1-20(2,3)25-18-11-7-6-10-17(18)14-23-19(21-4)22-13-16-9-8-12-24(5)15-16/h6-7,10-11,16H,8-9,12-15H2,1-5H3,(H2,21,22,23). The summed E-state index contributed by atoms with van der Waals surface area (Å²) in [5.74, 6) is 2.46. The van der Waals surface area contributed by atoms with Gasteiger partial charge >= 0.3 is 0 Å². The quantitative estimate of drug-likeness (QED) is 0.636. The molecule has 0 spiro atoms. The Morgan fingerprint density at radius 1 is 1.28 bits per heavy atom. The number of benzene rings is 1. The Labute approximate surface area is 152 Å². The summed E-state index contributed by atoms with van der Waals surface area (Å²) in [5.41, 5.74) is 0.932. The number of piperidine rings is 1. The van der Waals surface area contributed by atoms with Crippen molar-refractivity contribution in [3.63, 3.8) is 0 Å². The first-order valence-corrected chi connectivity index (χ1v) is 9.27. The van der Waals surface area contributed by atoms with Crippen molar-refractivity contribution in [2.75, 3.05) is 33.7 Å². The van der Waals surface area contributed by atoms with Gasteiger partial charge in [-0.1, -0.05) is 18.2 Å². The molecule has 25 heavy (non-hydrogen) atoms. The van der Waals surface area contributed by atoms with E-state index in [1.54, 1.807) is 0 Å². The van der Waals surface area contributed by atoms with E-state index in [-0.39, 0.29) is 5.60 Å². The van der Waals surface area contributed by atoms with Gasteiger partial charge in [0.15, 0.2) is 5.96 Å². The van der Waals surface area contributed by atoms with Crippen molar-refractivity contribution in [2.45, 2.75) is 45.8 Å². The second-order valence-corrected chi connectivity index (χ2v) is 7.90. The highest BCUT2D eigenvalue weighted by atomic mass is 16.5. The van der Waals surface area contributed by atoms with Crippen molar-refractivity contribution in [1.29, 1.82) is 0 Å². The van der Waals surface area contributed by atoms with E-state index in [0.29, 0.717) is 12.5 Å². The van der Waals surface area contributed by atoms with Crippen molar-refractivity contribution >= 4 is 5.96 Å². The third-order valence-corrected chi connectivity index (χ3v) is 4.34. The molecule has 1 aliphatic rings. The zero-order valence-electron chi connectivity index (χ0n) is 16.4. The molecule has 0 saturated carbocycles. The predicted molar refractivity (Wildman–Crippen MR) is 105 cm³/mol. The molecule has 5 nitrogen and oxygen atoms in total. The number of guanidine groups is 1. The van der Waals surface area contributed by atoms with Crippen LogP contribution in [0.4, 0.5) is 0 Å². The Morgan fingerprint density at radius 3 is 2.72 bits per heavy atom. The van der Waals surface area contributed by atoms with Gasteiger partial charge in [-0.3, -0.25) is 4.99 Å². The van der Waals surface area contributed by atoms with Gasteiger partial charge in [0.05, 0.1) is 0 Å². The number of para-hydroxylation sites is 1. The summed E-state index contributed by atoms with van der Waals surface area (Å²) in [6, 6.07) is 8.17. The number of hydrogen-bond acceptors (Lipinski definition) is 3. The Balaban J connectivity index is 1.86. The van der Waals surface area contributed by atoms with E-state index in [9.17, 15) is 0 Å². The predicted octanol–water partition coefficient (Wildman–Crippen LogP) is 2.87. The molecule has 0 aliphatic carbocycles. The highest BCUT2D eigenvalue weighted by Crippen LogP contribution is 2.22. The maximum absolute atomic E-state index is 6.06. The van der Waals surface area contributed by atoms with Crippen LogP contribution in [0.3, 0.4) is 0 Å². The Hall–Kier alpha value is -1.75. The maximum atomic E-state index is 6.06. The molecule has 1 fully saturated rings. The Kier molecular flexibility index (Phi) is 7.12. The van der Waals surface area contributed by atoms with Gasteiger partial charge in [0.1, 0.15) is 11.4 Å². The minimum Gasteiger partial charge on any atom is -0.488 e. The van der Waals surface area contributed by atoms with Gasteiger partial charge in [0.25, 0.3) is 0 Å². The summed E-state index contributed by atoms with van der Waals surface area (Å²) in [7, 11) is 4.02. The average Bonchev–Trinajstić information content (AvgIpc) is 2.55. The third-order valence-electron chi connectivity index (χ3n) is 4.34. The molecule has 0 amide bonds. The minimum atomic E-state index is -0.205. The van der Waals surface area contributed by atoms with Crippen LogP contribution >= 0.6 is 0 Å². The molecule has 1 heterocycles. The van der Waals surface area contributed by atoms with E-state index in [2.05, 4.69) is 54.4 Å². The van der Waals surface area contributed by atoms with Crippen LogP contribution in [0.15, 0.2) is 29.3 Å². The maximum Gasteiger partial charge on any atom is 0.191 e. The highest BCUT2D eigenvalue weighted by molar-refractivity contribution is 5.79. The van der Waals surface area contributed by atoms with Crippen LogP contribution < -0.4 is 15.4 Å². The molecule has 1 atom stereocenters. The lowest BCUT2D eigenvalue weighted by molar-refractivity contribution is 0.129. The second kappa shape index (κ2) is 9.09. The van der Waals surface area contributed by atoms with Gasteiger partial charge in [-0.15, -0.1) is 0 Å². The summed E-state index contributed by atoms with van der Waals surface area (Å²) in [6.07, 6.45) is 2.57. The molecule has 5 heteroatoms. The minimum absolute atomic E-state index is 0.205.